The monoisotopic (exact) mass is 422 g/mol. The zero-order chi connectivity index (χ0) is 22.9. The van der Waals surface area contributed by atoms with Crippen LogP contribution in [0, 0.1) is 13.1 Å². The van der Waals surface area contributed by atoms with Crippen molar-refractivity contribution in [2.75, 3.05) is 26.3 Å². The third-order valence-corrected chi connectivity index (χ3v) is 3.75. The fraction of sp³-hybridized carbons (Fsp3) is 0.667. The smallest absolute Gasteiger partial charge is 0.338 e. The summed E-state index contributed by atoms with van der Waals surface area (Å²) in [5.41, 5.74) is -2.74. The molecule has 2 N–H and O–H groups in total. The number of hydrogen-bond acceptors (Lipinski definition) is 8. The van der Waals surface area contributed by atoms with E-state index in [9.17, 15) is 19.2 Å². The van der Waals surface area contributed by atoms with Crippen molar-refractivity contribution in [3.8, 4) is 0 Å². The summed E-state index contributed by atoms with van der Waals surface area (Å²) in [6.45, 7) is 18.0. The third-order valence-electron chi connectivity index (χ3n) is 3.75. The highest BCUT2D eigenvalue weighted by Crippen LogP contribution is 2.26. The van der Waals surface area contributed by atoms with E-state index in [0.717, 1.165) is 0 Å². The van der Waals surface area contributed by atoms with Crippen molar-refractivity contribution in [3.63, 3.8) is 0 Å². The number of nitrogens with one attached hydrogen (secondary N) is 2. The number of hydrogen-bond donors (Lipinski definition) is 2. The molecule has 0 rings (SSSR count). The van der Waals surface area contributed by atoms with Gasteiger partial charge in [-0.2, -0.15) is 0 Å². The highest BCUT2D eigenvalue weighted by atomic mass is 16.5. The summed E-state index contributed by atoms with van der Waals surface area (Å²) in [5, 5.41) is 12.6. The number of ether oxygens (including phenoxy) is 2. The van der Waals surface area contributed by atoms with Gasteiger partial charge in [-0.3, -0.25) is 28.9 Å². The number of amides is 2. The van der Waals surface area contributed by atoms with Crippen LogP contribution in [0.3, 0.4) is 0 Å². The van der Waals surface area contributed by atoms with Crippen LogP contribution in [-0.4, -0.2) is 62.4 Å². The van der Waals surface area contributed by atoms with Gasteiger partial charge in [-0.05, 0) is 0 Å². The van der Waals surface area contributed by atoms with Crippen molar-refractivity contribution < 1.29 is 28.7 Å². The van der Waals surface area contributed by atoms with Crippen LogP contribution in [0.4, 0.5) is 0 Å². The Labute approximate surface area is 175 Å². The van der Waals surface area contributed by atoms with Crippen molar-refractivity contribution in [2.24, 2.45) is 10.2 Å². The van der Waals surface area contributed by atoms with Gasteiger partial charge in [0.15, 0.2) is 0 Å². The highest BCUT2D eigenvalue weighted by Gasteiger charge is 2.36. The summed E-state index contributed by atoms with van der Waals surface area (Å²) in [7, 11) is 0. The molecule has 0 aliphatic heterocycles. The van der Waals surface area contributed by atoms with Crippen LogP contribution in [0.2, 0.25) is 0 Å². The molecule has 12 heteroatoms. The molecule has 12 nitrogen and oxygen atoms in total. The number of carbonyl (C=O) groups is 4. The van der Waals surface area contributed by atoms with E-state index < -0.39 is 23.3 Å². The lowest BCUT2D eigenvalue weighted by atomic mass is 10.1. The van der Waals surface area contributed by atoms with Gasteiger partial charge >= 0.3 is 23.3 Å². The van der Waals surface area contributed by atoms with E-state index in [0.29, 0.717) is 12.8 Å². The fourth-order valence-electron chi connectivity index (χ4n) is 1.86. The minimum Gasteiger partial charge on any atom is -0.464 e. The van der Waals surface area contributed by atoms with E-state index in [-0.39, 0.29) is 52.0 Å². The van der Waals surface area contributed by atoms with Crippen LogP contribution in [0.25, 0.3) is 9.69 Å². The van der Waals surface area contributed by atoms with E-state index >= 15 is 0 Å². The van der Waals surface area contributed by atoms with Crippen LogP contribution in [0.15, 0.2) is 10.2 Å². The number of esters is 2. The maximum absolute atomic E-state index is 11.7. The van der Waals surface area contributed by atoms with Crippen molar-refractivity contribution in [1.29, 1.82) is 0 Å². The van der Waals surface area contributed by atoms with E-state index in [4.69, 9.17) is 22.6 Å². The van der Waals surface area contributed by atoms with Crippen LogP contribution >= 0.6 is 0 Å². The van der Waals surface area contributed by atoms with Crippen molar-refractivity contribution in [1.82, 2.24) is 10.6 Å². The van der Waals surface area contributed by atoms with Gasteiger partial charge in [-0.1, -0.05) is 10.2 Å². The number of carbonyl (C=O) groups excluding carboxylic acids is 4. The van der Waals surface area contributed by atoms with Gasteiger partial charge in [0.05, 0.1) is 38.8 Å². The molecule has 0 heterocycles. The second kappa shape index (κ2) is 14.5. The Bertz CT molecular complexity index is 642. The van der Waals surface area contributed by atoms with Crippen molar-refractivity contribution in [2.45, 2.75) is 50.9 Å². The number of azo groups is 1. The highest BCUT2D eigenvalue weighted by molar-refractivity contribution is 5.69. The van der Waals surface area contributed by atoms with Gasteiger partial charge in [-0.15, -0.1) is 0 Å². The normalized spacial score (nSPS) is 14.3. The standard InChI is InChI=1S/C18H26N6O6/c1-17(19-3,7-5-15(27)29-11-9-21-13-25)23-24-18(2,20-4)8-6-16(28)30-12-10-22-14-26/h13-14H,5-12H2,1-2H3,(H,21,25)(H,22,26)/b24-23+. The molecule has 164 valence electrons. The minimum absolute atomic E-state index is 0.0188. The predicted molar refractivity (Wildman–Crippen MR) is 103 cm³/mol. The number of rotatable bonds is 16. The maximum Gasteiger partial charge on any atom is 0.338 e. The van der Waals surface area contributed by atoms with Gasteiger partial charge < -0.3 is 20.1 Å². The van der Waals surface area contributed by atoms with E-state index in [1.54, 1.807) is 0 Å². The topological polar surface area (TPSA) is 144 Å². The summed E-state index contributed by atoms with van der Waals surface area (Å²) in [6, 6.07) is 0. The summed E-state index contributed by atoms with van der Waals surface area (Å²) >= 11 is 0. The minimum atomic E-state index is -1.37. The lowest BCUT2D eigenvalue weighted by Gasteiger charge is -2.14. The molecule has 0 fully saturated rings. The van der Waals surface area contributed by atoms with E-state index in [1.807, 2.05) is 0 Å². The SMILES string of the molecule is [C-]#[N+]C(C)(CCC(=O)OCCNC=O)/N=N/C(C)(CCC(=O)OCCNC=O)[N+]#[C-]. The summed E-state index contributed by atoms with van der Waals surface area (Å²) in [4.78, 5) is 50.4. The molecule has 0 aliphatic rings. The third kappa shape index (κ3) is 12.0. The first-order chi connectivity index (χ1) is 14.2. The average Bonchev–Trinajstić information content (AvgIpc) is 2.75. The maximum atomic E-state index is 11.7. The Kier molecular flexibility index (Phi) is 12.8. The summed E-state index contributed by atoms with van der Waals surface area (Å²) in [6.07, 6.45) is 0.857. The molecule has 0 spiro atoms. The number of nitrogens with zero attached hydrogens (tertiary/aromatic N) is 4. The predicted octanol–water partition coefficient (Wildman–Crippen LogP) is 0.848. The summed E-state index contributed by atoms with van der Waals surface area (Å²) in [5.74, 6) is -1.10. The lowest BCUT2D eigenvalue weighted by molar-refractivity contribution is -0.144. The first-order valence-corrected chi connectivity index (χ1v) is 9.11. The zero-order valence-corrected chi connectivity index (χ0v) is 17.0. The molecule has 0 radical (unpaired) electrons. The largest absolute Gasteiger partial charge is 0.464 e. The molecule has 0 saturated carbocycles. The molecule has 0 bridgehead atoms. The van der Waals surface area contributed by atoms with Crippen LogP contribution < -0.4 is 10.6 Å². The Balaban J connectivity index is 4.66. The van der Waals surface area contributed by atoms with Gasteiger partial charge in [0, 0.05) is 13.8 Å². The Morgan fingerprint density at radius 2 is 1.23 bits per heavy atom. The fourth-order valence-corrected chi connectivity index (χ4v) is 1.86. The quantitative estimate of drug-likeness (QED) is 0.124. The zero-order valence-electron chi connectivity index (χ0n) is 17.0. The van der Waals surface area contributed by atoms with Crippen molar-refractivity contribution >= 4 is 24.8 Å². The molecule has 30 heavy (non-hydrogen) atoms. The Morgan fingerprint density at radius 3 is 1.53 bits per heavy atom. The van der Waals surface area contributed by atoms with Gasteiger partial charge in [0.1, 0.15) is 13.2 Å². The second-order valence-corrected chi connectivity index (χ2v) is 6.44. The molecule has 2 atom stereocenters. The summed E-state index contributed by atoms with van der Waals surface area (Å²) < 4.78 is 9.81. The Morgan fingerprint density at radius 1 is 0.867 bits per heavy atom. The van der Waals surface area contributed by atoms with Gasteiger partial charge in [-0.25, -0.2) is 13.1 Å². The van der Waals surface area contributed by atoms with E-state index in [2.05, 4.69) is 30.6 Å². The molecule has 2 amide bonds. The second-order valence-electron chi connectivity index (χ2n) is 6.44. The Hall–Kier alpha value is -3.54. The van der Waals surface area contributed by atoms with Crippen molar-refractivity contribution in [3.05, 3.63) is 22.8 Å². The molecule has 0 aliphatic carbocycles. The lowest BCUT2D eigenvalue weighted by Crippen LogP contribution is -2.24. The van der Waals surface area contributed by atoms with Gasteiger partial charge in [0.2, 0.25) is 12.8 Å². The molecule has 0 aromatic carbocycles. The molecule has 0 aromatic rings. The van der Waals surface area contributed by atoms with Crippen LogP contribution in [-0.2, 0) is 28.7 Å². The van der Waals surface area contributed by atoms with Crippen LogP contribution in [0.5, 0.6) is 0 Å². The molecular weight excluding hydrogens is 396 g/mol. The first kappa shape index (κ1) is 26.5. The van der Waals surface area contributed by atoms with Crippen LogP contribution in [0.1, 0.15) is 39.5 Å². The van der Waals surface area contributed by atoms with E-state index in [1.165, 1.54) is 13.8 Å². The molecule has 2 unspecified atom stereocenters. The first-order valence-electron chi connectivity index (χ1n) is 9.11. The molecule has 0 saturated heterocycles. The molecule has 0 aromatic heterocycles. The molecular formula is C18H26N6O6. The average molecular weight is 422 g/mol. The van der Waals surface area contributed by atoms with Gasteiger partial charge in [0.25, 0.3) is 0 Å².